The number of carboxylic acids is 1. The lowest BCUT2D eigenvalue weighted by molar-refractivity contribution is -0.142. The number of likely N-dealkylation sites (tertiary alicyclic amines) is 1. The summed E-state index contributed by atoms with van der Waals surface area (Å²) in [4.78, 5) is 24.6. The largest absolute Gasteiger partial charge is 0.480 e. The molecule has 1 aromatic carbocycles. The van der Waals surface area contributed by atoms with E-state index in [4.69, 9.17) is 16.7 Å². The normalized spacial score (nSPS) is 18.6. The van der Waals surface area contributed by atoms with Crippen molar-refractivity contribution in [3.05, 3.63) is 34.9 Å². The average molecular weight is 311 g/mol. The van der Waals surface area contributed by atoms with Crippen molar-refractivity contribution in [3.8, 4) is 0 Å². The van der Waals surface area contributed by atoms with E-state index in [-0.39, 0.29) is 12.5 Å². The van der Waals surface area contributed by atoms with Crippen LogP contribution in [0.25, 0.3) is 0 Å². The molecule has 1 amide bonds. The standard InChI is InChI=1S/C15H19ClN2O3/c16-12-5-3-11(4-6-12)7-8-17-14(19)10-18-9-1-2-13(18)15(20)21/h3-6,13H,1-2,7-10H2,(H,17,19)(H,20,21)/t13-/m0/s1. The van der Waals surface area contributed by atoms with E-state index in [1.165, 1.54) is 0 Å². The van der Waals surface area contributed by atoms with Crippen molar-refractivity contribution < 1.29 is 14.7 Å². The highest BCUT2D eigenvalue weighted by atomic mass is 35.5. The highest BCUT2D eigenvalue weighted by Gasteiger charge is 2.31. The molecule has 1 aromatic rings. The van der Waals surface area contributed by atoms with Crippen LogP contribution in [0.2, 0.25) is 5.02 Å². The fraction of sp³-hybridized carbons (Fsp3) is 0.467. The summed E-state index contributed by atoms with van der Waals surface area (Å²) in [5, 5.41) is 12.6. The average Bonchev–Trinajstić information content (AvgIpc) is 2.89. The Hall–Kier alpha value is -1.59. The molecule has 5 nitrogen and oxygen atoms in total. The molecular weight excluding hydrogens is 292 g/mol. The van der Waals surface area contributed by atoms with Gasteiger partial charge in [-0.25, -0.2) is 0 Å². The first-order valence-corrected chi connectivity index (χ1v) is 7.42. The zero-order valence-electron chi connectivity index (χ0n) is 11.7. The van der Waals surface area contributed by atoms with Gasteiger partial charge in [0.2, 0.25) is 5.91 Å². The Balaban J connectivity index is 1.72. The second-order valence-electron chi connectivity index (χ2n) is 5.19. The smallest absolute Gasteiger partial charge is 0.320 e. The zero-order valence-corrected chi connectivity index (χ0v) is 12.5. The molecule has 0 aliphatic carbocycles. The Labute approximate surface area is 128 Å². The lowest BCUT2D eigenvalue weighted by atomic mass is 10.1. The van der Waals surface area contributed by atoms with Crippen molar-refractivity contribution in [2.75, 3.05) is 19.6 Å². The molecule has 1 aliphatic rings. The van der Waals surface area contributed by atoms with Crippen molar-refractivity contribution in [2.24, 2.45) is 0 Å². The minimum absolute atomic E-state index is 0.128. The van der Waals surface area contributed by atoms with E-state index in [1.807, 2.05) is 24.3 Å². The fourth-order valence-corrected chi connectivity index (χ4v) is 2.66. The third-order valence-electron chi connectivity index (χ3n) is 3.64. The number of carboxylic acid groups (broad SMARTS) is 1. The molecule has 1 heterocycles. The molecule has 1 saturated heterocycles. The topological polar surface area (TPSA) is 69.6 Å². The molecule has 2 rings (SSSR count). The van der Waals surface area contributed by atoms with Crippen LogP contribution < -0.4 is 5.32 Å². The van der Waals surface area contributed by atoms with Crippen molar-refractivity contribution in [2.45, 2.75) is 25.3 Å². The molecule has 1 fully saturated rings. The SMILES string of the molecule is O=C(CN1CCC[C@H]1C(=O)O)NCCc1ccc(Cl)cc1. The van der Waals surface area contributed by atoms with E-state index in [0.29, 0.717) is 24.5 Å². The second-order valence-corrected chi connectivity index (χ2v) is 5.63. The van der Waals surface area contributed by atoms with Crippen molar-refractivity contribution in [3.63, 3.8) is 0 Å². The molecule has 0 spiro atoms. The number of nitrogens with one attached hydrogen (secondary N) is 1. The molecule has 6 heteroatoms. The lowest BCUT2D eigenvalue weighted by Crippen LogP contribution is -2.43. The number of hydrogen-bond donors (Lipinski definition) is 2. The number of halogens is 1. The van der Waals surface area contributed by atoms with Crippen LogP contribution in [0, 0.1) is 0 Å². The van der Waals surface area contributed by atoms with E-state index in [1.54, 1.807) is 4.90 Å². The van der Waals surface area contributed by atoms with E-state index in [9.17, 15) is 9.59 Å². The molecule has 1 atom stereocenters. The van der Waals surface area contributed by atoms with Crippen LogP contribution in [0.15, 0.2) is 24.3 Å². The van der Waals surface area contributed by atoms with E-state index < -0.39 is 12.0 Å². The summed E-state index contributed by atoms with van der Waals surface area (Å²) in [5.41, 5.74) is 1.10. The minimum atomic E-state index is -0.846. The van der Waals surface area contributed by atoms with Gasteiger partial charge in [0.05, 0.1) is 6.54 Å². The third-order valence-corrected chi connectivity index (χ3v) is 3.90. The van der Waals surface area contributed by atoms with Gasteiger partial charge in [-0.05, 0) is 43.5 Å². The number of aliphatic carboxylic acids is 1. The molecule has 114 valence electrons. The van der Waals surface area contributed by atoms with Crippen molar-refractivity contribution >= 4 is 23.5 Å². The van der Waals surface area contributed by atoms with Crippen LogP contribution in [-0.2, 0) is 16.0 Å². The highest BCUT2D eigenvalue weighted by molar-refractivity contribution is 6.30. The third kappa shape index (κ3) is 4.72. The summed E-state index contributed by atoms with van der Waals surface area (Å²) in [6, 6.07) is 6.97. The van der Waals surface area contributed by atoms with Gasteiger partial charge in [-0.1, -0.05) is 23.7 Å². The Morgan fingerprint density at radius 2 is 2.05 bits per heavy atom. The van der Waals surface area contributed by atoms with Gasteiger partial charge in [0.1, 0.15) is 6.04 Å². The minimum Gasteiger partial charge on any atom is -0.480 e. The Bertz CT molecular complexity index is 504. The molecule has 0 bridgehead atoms. The van der Waals surface area contributed by atoms with Crippen LogP contribution in [0.3, 0.4) is 0 Å². The van der Waals surface area contributed by atoms with Crippen LogP contribution in [0.1, 0.15) is 18.4 Å². The monoisotopic (exact) mass is 310 g/mol. The summed E-state index contributed by atoms with van der Waals surface area (Å²) in [7, 11) is 0. The highest BCUT2D eigenvalue weighted by Crippen LogP contribution is 2.16. The predicted molar refractivity (Wildman–Crippen MR) is 80.4 cm³/mol. The summed E-state index contributed by atoms with van der Waals surface area (Å²) < 4.78 is 0. The zero-order chi connectivity index (χ0) is 15.2. The van der Waals surface area contributed by atoms with Gasteiger partial charge in [0.15, 0.2) is 0 Å². The molecule has 0 radical (unpaired) electrons. The molecule has 0 aromatic heterocycles. The summed E-state index contributed by atoms with van der Waals surface area (Å²) in [6.07, 6.45) is 2.17. The fourth-order valence-electron chi connectivity index (χ4n) is 2.53. The van der Waals surface area contributed by atoms with Gasteiger partial charge in [0, 0.05) is 11.6 Å². The van der Waals surface area contributed by atoms with Crippen molar-refractivity contribution in [1.82, 2.24) is 10.2 Å². The first kappa shape index (κ1) is 15.8. The number of nitrogens with zero attached hydrogens (tertiary/aromatic N) is 1. The Morgan fingerprint density at radius 1 is 1.33 bits per heavy atom. The van der Waals surface area contributed by atoms with Gasteiger partial charge in [-0.3, -0.25) is 14.5 Å². The molecule has 1 aliphatic heterocycles. The molecule has 21 heavy (non-hydrogen) atoms. The molecule has 2 N–H and O–H groups in total. The molecule has 0 unspecified atom stereocenters. The van der Waals surface area contributed by atoms with E-state index in [2.05, 4.69) is 5.32 Å². The van der Waals surface area contributed by atoms with Crippen LogP contribution >= 0.6 is 11.6 Å². The number of benzene rings is 1. The number of hydrogen-bond acceptors (Lipinski definition) is 3. The maximum Gasteiger partial charge on any atom is 0.320 e. The van der Waals surface area contributed by atoms with Gasteiger partial charge in [0.25, 0.3) is 0 Å². The van der Waals surface area contributed by atoms with Crippen molar-refractivity contribution in [1.29, 1.82) is 0 Å². The summed E-state index contributed by atoms with van der Waals surface area (Å²) in [6.45, 7) is 1.35. The number of amides is 1. The van der Waals surface area contributed by atoms with Crippen LogP contribution in [-0.4, -0.2) is 47.6 Å². The predicted octanol–water partition coefficient (Wildman–Crippen LogP) is 1.55. The maximum absolute atomic E-state index is 11.8. The van der Waals surface area contributed by atoms with E-state index >= 15 is 0 Å². The van der Waals surface area contributed by atoms with Gasteiger partial charge in [-0.2, -0.15) is 0 Å². The van der Waals surface area contributed by atoms with Gasteiger partial charge >= 0.3 is 5.97 Å². The second kappa shape index (κ2) is 7.43. The number of carbonyl (C=O) groups excluding carboxylic acids is 1. The quantitative estimate of drug-likeness (QED) is 0.836. The Morgan fingerprint density at radius 3 is 2.71 bits per heavy atom. The number of rotatable bonds is 6. The summed E-state index contributed by atoms with van der Waals surface area (Å²) in [5.74, 6) is -0.974. The Kier molecular flexibility index (Phi) is 5.59. The first-order valence-electron chi connectivity index (χ1n) is 7.04. The van der Waals surface area contributed by atoms with Crippen LogP contribution in [0.4, 0.5) is 0 Å². The molecule has 0 saturated carbocycles. The number of carbonyl (C=O) groups is 2. The van der Waals surface area contributed by atoms with Crippen LogP contribution in [0.5, 0.6) is 0 Å². The van der Waals surface area contributed by atoms with Gasteiger partial charge < -0.3 is 10.4 Å². The van der Waals surface area contributed by atoms with E-state index in [0.717, 1.165) is 18.4 Å². The maximum atomic E-state index is 11.8. The first-order chi connectivity index (χ1) is 10.1. The molecular formula is C15H19ClN2O3. The summed E-state index contributed by atoms with van der Waals surface area (Å²) >= 11 is 5.81. The lowest BCUT2D eigenvalue weighted by Gasteiger charge is -2.20. The van der Waals surface area contributed by atoms with Gasteiger partial charge in [-0.15, -0.1) is 0 Å².